The molecule has 0 aromatic heterocycles. The lowest BCUT2D eigenvalue weighted by atomic mass is 9.94. The van der Waals surface area contributed by atoms with E-state index >= 15 is 0 Å². The number of likely N-dealkylation sites (tertiary alicyclic amines) is 1. The van der Waals surface area contributed by atoms with Gasteiger partial charge in [0.05, 0.1) is 24.9 Å². The fourth-order valence-corrected chi connectivity index (χ4v) is 1.99. The zero-order valence-corrected chi connectivity index (χ0v) is 12.4. The Hall–Kier alpha value is -0.120. The van der Waals surface area contributed by atoms with Gasteiger partial charge in [-0.25, -0.2) is 0 Å². The van der Waals surface area contributed by atoms with E-state index in [2.05, 4.69) is 46.4 Å². The topological polar surface area (TPSA) is 21.7 Å². The predicted octanol–water partition coefficient (Wildman–Crippen LogP) is 2.55. The van der Waals surface area contributed by atoms with Crippen LogP contribution in [0.1, 0.15) is 41.5 Å². The van der Waals surface area contributed by atoms with Crippen molar-refractivity contribution in [1.29, 1.82) is 0 Å². The molecular formula is C14H29NO2. The van der Waals surface area contributed by atoms with Gasteiger partial charge in [-0.05, 0) is 26.2 Å². The molecule has 0 saturated carbocycles. The first-order chi connectivity index (χ1) is 7.66. The molecule has 3 heteroatoms. The van der Waals surface area contributed by atoms with Gasteiger partial charge in [-0.15, -0.1) is 0 Å². The molecule has 0 N–H and O–H groups in total. The zero-order chi connectivity index (χ0) is 13.1. The van der Waals surface area contributed by atoms with Crippen molar-refractivity contribution < 1.29 is 9.47 Å². The number of nitrogens with zero attached hydrogens (tertiary/aromatic N) is 1. The van der Waals surface area contributed by atoms with E-state index in [0.717, 1.165) is 19.6 Å². The van der Waals surface area contributed by atoms with Gasteiger partial charge >= 0.3 is 0 Å². The van der Waals surface area contributed by atoms with Crippen molar-refractivity contribution in [2.75, 3.05) is 32.8 Å². The van der Waals surface area contributed by atoms with Gasteiger partial charge in [0.1, 0.15) is 0 Å². The van der Waals surface area contributed by atoms with Gasteiger partial charge in [-0.3, -0.25) is 4.90 Å². The van der Waals surface area contributed by atoms with Crippen molar-refractivity contribution >= 4 is 0 Å². The average molecular weight is 243 g/mol. The van der Waals surface area contributed by atoms with E-state index in [1.54, 1.807) is 0 Å². The summed E-state index contributed by atoms with van der Waals surface area (Å²) in [5.74, 6) is 0. The molecule has 1 aliphatic heterocycles. The summed E-state index contributed by atoms with van der Waals surface area (Å²) >= 11 is 0. The van der Waals surface area contributed by atoms with E-state index < -0.39 is 0 Å². The van der Waals surface area contributed by atoms with Crippen LogP contribution in [0.25, 0.3) is 0 Å². The van der Waals surface area contributed by atoms with Crippen LogP contribution >= 0.6 is 0 Å². The van der Waals surface area contributed by atoms with Crippen LogP contribution in [-0.2, 0) is 9.47 Å². The fourth-order valence-electron chi connectivity index (χ4n) is 1.99. The van der Waals surface area contributed by atoms with Gasteiger partial charge in [-0.1, -0.05) is 20.8 Å². The molecule has 1 fully saturated rings. The van der Waals surface area contributed by atoms with Crippen LogP contribution < -0.4 is 0 Å². The molecule has 0 atom stereocenters. The minimum Gasteiger partial charge on any atom is -0.373 e. The van der Waals surface area contributed by atoms with Crippen LogP contribution in [-0.4, -0.2) is 49.5 Å². The van der Waals surface area contributed by atoms with E-state index in [1.165, 1.54) is 0 Å². The molecule has 0 unspecified atom stereocenters. The average Bonchev–Trinajstić information content (AvgIpc) is 2.03. The minimum atomic E-state index is -0.0543. The molecular weight excluding hydrogens is 214 g/mol. The number of rotatable bonds is 5. The molecule has 1 rings (SSSR count). The molecule has 0 amide bonds. The number of hydrogen-bond donors (Lipinski definition) is 0. The maximum Gasteiger partial charge on any atom is 0.0829 e. The van der Waals surface area contributed by atoms with Gasteiger partial charge in [0.15, 0.2) is 0 Å². The van der Waals surface area contributed by atoms with Gasteiger partial charge < -0.3 is 9.47 Å². The molecule has 0 aliphatic carbocycles. The van der Waals surface area contributed by atoms with E-state index in [4.69, 9.17) is 9.47 Å². The summed E-state index contributed by atoms with van der Waals surface area (Å²) < 4.78 is 11.4. The standard InChI is InChI=1S/C14H29NO2/c1-13(2,3)11-15-9-12(10-15)16-7-8-17-14(4,5)6/h12H,7-11H2,1-6H3. The molecule has 0 aromatic rings. The normalized spacial score (nSPS) is 19.4. The molecule has 1 heterocycles. The highest BCUT2D eigenvalue weighted by atomic mass is 16.5. The summed E-state index contributed by atoms with van der Waals surface area (Å²) in [5.41, 5.74) is 0.335. The summed E-state index contributed by atoms with van der Waals surface area (Å²) in [5, 5.41) is 0. The van der Waals surface area contributed by atoms with Gasteiger partial charge in [0, 0.05) is 19.6 Å². The van der Waals surface area contributed by atoms with Crippen molar-refractivity contribution in [3.63, 3.8) is 0 Å². The highest BCUT2D eigenvalue weighted by Gasteiger charge is 2.30. The Balaban J connectivity index is 1.99. The van der Waals surface area contributed by atoms with Gasteiger partial charge in [-0.2, -0.15) is 0 Å². The highest BCUT2D eigenvalue weighted by molar-refractivity contribution is 4.83. The Kier molecular flexibility index (Phi) is 4.99. The summed E-state index contributed by atoms with van der Waals surface area (Å²) in [6.45, 7) is 17.8. The van der Waals surface area contributed by atoms with E-state index in [-0.39, 0.29) is 5.60 Å². The second kappa shape index (κ2) is 5.68. The largest absolute Gasteiger partial charge is 0.373 e. The third-order valence-corrected chi connectivity index (χ3v) is 2.59. The quantitative estimate of drug-likeness (QED) is 0.693. The maximum atomic E-state index is 5.75. The second-order valence-electron chi connectivity index (χ2n) is 7.21. The van der Waals surface area contributed by atoms with Crippen LogP contribution in [0.15, 0.2) is 0 Å². The van der Waals surface area contributed by atoms with Crippen LogP contribution in [0.2, 0.25) is 0 Å². The first-order valence-electron chi connectivity index (χ1n) is 6.64. The zero-order valence-electron chi connectivity index (χ0n) is 12.4. The molecule has 0 bridgehead atoms. The molecule has 3 nitrogen and oxygen atoms in total. The summed E-state index contributed by atoms with van der Waals surface area (Å²) in [7, 11) is 0. The van der Waals surface area contributed by atoms with Crippen molar-refractivity contribution in [1.82, 2.24) is 4.90 Å². The molecule has 17 heavy (non-hydrogen) atoms. The number of ether oxygens (including phenoxy) is 2. The molecule has 1 aliphatic rings. The van der Waals surface area contributed by atoms with E-state index in [9.17, 15) is 0 Å². The Labute approximate surface area is 106 Å². The van der Waals surface area contributed by atoms with E-state index in [1.807, 2.05) is 0 Å². The molecule has 0 aromatic carbocycles. The van der Waals surface area contributed by atoms with Crippen LogP contribution in [0.4, 0.5) is 0 Å². The summed E-state index contributed by atoms with van der Waals surface area (Å²) in [6, 6.07) is 0. The van der Waals surface area contributed by atoms with Crippen LogP contribution in [0, 0.1) is 5.41 Å². The van der Waals surface area contributed by atoms with Gasteiger partial charge in [0.25, 0.3) is 0 Å². The monoisotopic (exact) mass is 243 g/mol. The van der Waals surface area contributed by atoms with Crippen molar-refractivity contribution in [3.8, 4) is 0 Å². The van der Waals surface area contributed by atoms with Crippen molar-refractivity contribution in [3.05, 3.63) is 0 Å². The molecule has 1 saturated heterocycles. The lowest BCUT2D eigenvalue weighted by Crippen LogP contribution is -2.54. The van der Waals surface area contributed by atoms with Crippen LogP contribution in [0.3, 0.4) is 0 Å². The highest BCUT2D eigenvalue weighted by Crippen LogP contribution is 2.20. The SMILES string of the molecule is CC(C)(C)CN1CC(OCCOC(C)(C)C)C1. The number of hydrogen-bond acceptors (Lipinski definition) is 3. The van der Waals surface area contributed by atoms with E-state index in [0.29, 0.717) is 24.7 Å². The minimum absolute atomic E-state index is 0.0543. The lowest BCUT2D eigenvalue weighted by molar-refractivity contribution is -0.0960. The third kappa shape index (κ3) is 7.02. The first kappa shape index (κ1) is 14.9. The fraction of sp³-hybridized carbons (Fsp3) is 1.00. The first-order valence-corrected chi connectivity index (χ1v) is 6.64. The Bertz CT molecular complexity index is 221. The summed E-state index contributed by atoms with van der Waals surface area (Å²) in [4.78, 5) is 2.45. The molecule has 102 valence electrons. The van der Waals surface area contributed by atoms with Crippen LogP contribution in [0.5, 0.6) is 0 Å². The Morgan fingerprint density at radius 1 is 1.00 bits per heavy atom. The predicted molar refractivity (Wildman–Crippen MR) is 71.3 cm³/mol. The second-order valence-corrected chi connectivity index (χ2v) is 7.21. The smallest absolute Gasteiger partial charge is 0.0829 e. The van der Waals surface area contributed by atoms with Crippen molar-refractivity contribution in [2.45, 2.75) is 53.2 Å². The lowest BCUT2D eigenvalue weighted by Gasteiger charge is -2.42. The third-order valence-electron chi connectivity index (χ3n) is 2.59. The maximum absolute atomic E-state index is 5.75. The Morgan fingerprint density at radius 3 is 2.06 bits per heavy atom. The van der Waals surface area contributed by atoms with Gasteiger partial charge in [0.2, 0.25) is 0 Å². The molecule has 0 spiro atoms. The van der Waals surface area contributed by atoms with Crippen molar-refractivity contribution in [2.24, 2.45) is 5.41 Å². The molecule has 0 radical (unpaired) electrons. The Morgan fingerprint density at radius 2 is 1.59 bits per heavy atom. The summed E-state index contributed by atoms with van der Waals surface area (Å²) in [6.07, 6.45) is 0.418.